The van der Waals surface area contributed by atoms with Crippen LogP contribution in [0.25, 0.3) is 0 Å². The van der Waals surface area contributed by atoms with Gasteiger partial charge in [-0.3, -0.25) is 9.59 Å². The zero-order chi connectivity index (χ0) is 23.6. The van der Waals surface area contributed by atoms with Crippen molar-refractivity contribution in [2.24, 2.45) is 22.0 Å². The fourth-order valence-electron chi connectivity index (χ4n) is 4.25. The van der Waals surface area contributed by atoms with E-state index in [1.54, 1.807) is 30.3 Å². The van der Waals surface area contributed by atoms with Crippen LogP contribution in [0.5, 0.6) is 0 Å². The molecule has 174 valence electrons. The third kappa shape index (κ3) is 5.05. The normalized spacial score (nSPS) is 20.0. The predicted molar refractivity (Wildman–Crippen MR) is 120 cm³/mol. The number of benzene rings is 2. The summed E-state index contributed by atoms with van der Waals surface area (Å²) in [6.45, 7) is 0.995. The summed E-state index contributed by atoms with van der Waals surface area (Å²) in [5.74, 6) is -1.78. The molecular weight excluding hydrogens is 447 g/mol. The van der Waals surface area contributed by atoms with Crippen LogP contribution in [0.1, 0.15) is 24.0 Å². The lowest BCUT2D eigenvalue weighted by atomic mass is 9.95. The number of hydrogen-bond acceptors (Lipinski definition) is 5. The van der Waals surface area contributed by atoms with Gasteiger partial charge in [-0.15, -0.1) is 4.40 Å². The van der Waals surface area contributed by atoms with Crippen molar-refractivity contribution in [2.45, 2.75) is 24.2 Å². The van der Waals surface area contributed by atoms with Crippen LogP contribution in [0.3, 0.4) is 0 Å². The van der Waals surface area contributed by atoms with Crippen LogP contribution in [0, 0.1) is 17.7 Å². The maximum absolute atomic E-state index is 13.1. The molecule has 1 saturated heterocycles. The Labute approximate surface area is 191 Å². The standard InChI is InChI=1S/C23H25FN4O4S/c24-18-9-7-15(8-10-18)12-17(21(25)29)13-26-23(30)16-4-3-11-28(14-16)22-19-5-1-2-6-20(19)33(31,32)27-22/h1-2,5-10,16-17H,3-4,11-14H2,(H2,25,29)(H,26,30). The number of halogens is 1. The maximum Gasteiger partial charge on any atom is 0.285 e. The maximum atomic E-state index is 13.1. The van der Waals surface area contributed by atoms with Gasteiger partial charge in [0.2, 0.25) is 11.8 Å². The number of nitrogens with two attached hydrogens (primary N) is 1. The molecule has 0 spiro atoms. The zero-order valence-corrected chi connectivity index (χ0v) is 18.7. The van der Waals surface area contributed by atoms with E-state index in [1.165, 1.54) is 18.2 Å². The summed E-state index contributed by atoms with van der Waals surface area (Å²) in [5, 5.41) is 2.81. The van der Waals surface area contributed by atoms with Crippen molar-refractivity contribution >= 4 is 27.7 Å². The Morgan fingerprint density at radius 2 is 1.91 bits per heavy atom. The SMILES string of the molecule is NC(=O)C(CNC(=O)C1CCCN(C2=NS(=O)(=O)c3ccccc32)C1)Cc1ccc(F)cc1. The van der Waals surface area contributed by atoms with Gasteiger partial charge in [-0.1, -0.05) is 24.3 Å². The molecule has 0 radical (unpaired) electrons. The van der Waals surface area contributed by atoms with Crippen molar-refractivity contribution in [3.8, 4) is 0 Å². The van der Waals surface area contributed by atoms with Gasteiger partial charge in [-0.25, -0.2) is 4.39 Å². The van der Waals surface area contributed by atoms with Crippen LogP contribution in [-0.2, 0) is 26.0 Å². The first kappa shape index (κ1) is 22.9. The van der Waals surface area contributed by atoms with Gasteiger partial charge < -0.3 is 16.0 Å². The highest BCUT2D eigenvalue weighted by Crippen LogP contribution is 2.29. The quantitative estimate of drug-likeness (QED) is 0.659. The lowest BCUT2D eigenvalue weighted by Crippen LogP contribution is -2.47. The van der Waals surface area contributed by atoms with E-state index < -0.39 is 21.8 Å². The van der Waals surface area contributed by atoms with E-state index in [0.29, 0.717) is 37.3 Å². The van der Waals surface area contributed by atoms with Crippen molar-refractivity contribution < 1.29 is 22.4 Å². The van der Waals surface area contributed by atoms with Crippen molar-refractivity contribution in [1.82, 2.24) is 10.2 Å². The predicted octanol–water partition coefficient (Wildman–Crippen LogP) is 1.45. The van der Waals surface area contributed by atoms with Gasteiger partial charge >= 0.3 is 0 Å². The minimum Gasteiger partial charge on any atom is -0.369 e. The summed E-state index contributed by atoms with van der Waals surface area (Å²) in [4.78, 5) is 26.7. The molecule has 0 aliphatic carbocycles. The highest BCUT2D eigenvalue weighted by atomic mass is 32.2. The number of primary amides is 1. The second-order valence-electron chi connectivity index (χ2n) is 8.35. The number of rotatable bonds is 6. The number of amides is 2. The summed E-state index contributed by atoms with van der Waals surface area (Å²) in [6.07, 6.45) is 1.63. The molecular formula is C23H25FN4O4S. The Morgan fingerprint density at radius 3 is 2.64 bits per heavy atom. The van der Waals surface area contributed by atoms with E-state index in [4.69, 9.17) is 5.73 Å². The van der Waals surface area contributed by atoms with Gasteiger partial charge in [0.1, 0.15) is 10.7 Å². The van der Waals surface area contributed by atoms with E-state index in [9.17, 15) is 22.4 Å². The van der Waals surface area contributed by atoms with Crippen LogP contribution >= 0.6 is 0 Å². The van der Waals surface area contributed by atoms with Crippen LogP contribution in [0.4, 0.5) is 4.39 Å². The largest absolute Gasteiger partial charge is 0.369 e. The molecule has 0 saturated carbocycles. The minimum atomic E-state index is -3.73. The topological polar surface area (TPSA) is 122 Å². The number of piperidine rings is 1. The van der Waals surface area contributed by atoms with E-state index in [2.05, 4.69) is 9.71 Å². The molecule has 0 aromatic heterocycles. The van der Waals surface area contributed by atoms with Gasteiger partial charge in [0.25, 0.3) is 10.0 Å². The van der Waals surface area contributed by atoms with Crippen LogP contribution in [-0.4, -0.2) is 50.6 Å². The molecule has 1 fully saturated rings. The fraction of sp³-hybridized carbons (Fsp3) is 0.348. The molecule has 2 aliphatic rings. The number of likely N-dealkylation sites (tertiary alicyclic amines) is 1. The van der Waals surface area contributed by atoms with Crippen molar-refractivity contribution in [1.29, 1.82) is 0 Å². The van der Waals surface area contributed by atoms with E-state index in [0.717, 1.165) is 5.56 Å². The summed E-state index contributed by atoms with van der Waals surface area (Å²) >= 11 is 0. The van der Waals surface area contributed by atoms with E-state index in [1.807, 2.05) is 4.90 Å². The lowest BCUT2D eigenvalue weighted by molar-refractivity contribution is -0.127. The second kappa shape index (κ2) is 9.30. The zero-order valence-electron chi connectivity index (χ0n) is 17.9. The Kier molecular flexibility index (Phi) is 6.46. The van der Waals surface area contributed by atoms with Crippen LogP contribution in [0.2, 0.25) is 0 Å². The molecule has 2 atom stereocenters. The number of nitrogens with one attached hydrogen (secondary N) is 1. The summed E-state index contributed by atoms with van der Waals surface area (Å²) in [5.41, 5.74) is 6.80. The molecule has 0 bridgehead atoms. The third-order valence-corrected chi connectivity index (χ3v) is 7.35. The molecule has 10 heteroatoms. The smallest absolute Gasteiger partial charge is 0.285 e. The molecule has 2 amide bonds. The summed E-state index contributed by atoms with van der Waals surface area (Å²) < 4.78 is 41.8. The van der Waals surface area contributed by atoms with Crippen LogP contribution in [0.15, 0.2) is 57.8 Å². The highest BCUT2D eigenvalue weighted by molar-refractivity contribution is 7.90. The number of hydrogen-bond donors (Lipinski definition) is 2. The summed E-state index contributed by atoms with van der Waals surface area (Å²) in [6, 6.07) is 12.5. The van der Waals surface area contributed by atoms with Gasteiger partial charge in [0.15, 0.2) is 5.84 Å². The first-order chi connectivity index (χ1) is 15.7. The van der Waals surface area contributed by atoms with Crippen molar-refractivity contribution in [2.75, 3.05) is 19.6 Å². The lowest BCUT2D eigenvalue weighted by Gasteiger charge is -2.33. The number of sulfonamides is 1. The van der Waals surface area contributed by atoms with Gasteiger partial charge in [-0.05, 0) is 49.1 Å². The Morgan fingerprint density at radius 1 is 1.18 bits per heavy atom. The number of amidine groups is 1. The van der Waals surface area contributed by atoms with Gasteiger partial charge in [-0.2, -0.15) is 8.42 Å². The van der Waals surface area contributed by atoms with Crippen LogP contribution < -0.4 is 11.1 Å². The molecule has 4 rings (SSSR count). The average Bonchev–Trinajstić information content (AvgIpc) is 3.08. The minimum absolute atomic E-state index is 0.0696. The number of fused-ring (bicyclic) bond motifs is 1. The van der Waals surface area contributed by atoms with Gasteiger partial charge in [0.05, 0.1) is 11.8 Å². The monoisotopic (exact) mass is 472 g/mol. The fourth-order valence-corrected chi connectivity index (χ4v) is 5.47. The molecule has 2 aliphatic heterocycles. The Balaban J connectivity index is 1.40. The van der Waals surface area contributed by atoms with E-state index >= 15 is 0 Å². The van der Waals surface area contributed by atoms with Crippen molar-refractivity contribution in [3.05, 3.63) is 65.5 Å². The summed E-state index contributed by atoms with van der Waals surface area (Å²) in [7, 11) is -3.73. The third-order valence-electron chi connectivity index (χ3n) is 6.02. The molecule has 2 heterocycles. The molecule has 2 aromatic rings. The molecule has 8 nitrogen and oxygen atoms in total. The Hall–Kier alpha value is -3.27. The molecule has 2 unspecified atom stereocenters. The molecule has 33 heavy (non-hydrogen) atoms. The van der Waals surface area contributed by atoms with E-state index in [-0.39, 0.29) is 35.5 Å². The Bertz CT molecular complexity index is 1200. The highest BCUT2D eigenvalue weighted by Gasteiger charge is 2.35. The number of carbonyl (C=O) groups is 2. The molecule has 3 N–H and O–H groups in total. The van der Waals surface area contributed by atoms with Crippen molar-refractivity contribution in [3.63, 3.8) is 0 Å². The number of nitrogens with zero attached hydrogens (tertiary/aromatic N) is 2. The number of carbonyl (C=O) groups excluding carboxylic acids is 2. The second-order valence-corrected chi connectivity index (χ2v) is 9.92. The molecule has 2 aromatic carbocycles. The van der Waals surface area contributed by atoms with Gasteiger partial charge in [0, 0.05) is 25.2 Å². The average molecular weight is 473 g/mol. The first-order valence-electron chi connectivity index (χ1n) is 10.8. The first-order valence-corrected chi connectivity index (χ1v) is 12.2.